The van der Waals surface area contributed by atoms with Crippen LogP contribution < -0.4 is 5.73 Å². The largest absolute Gasteiger partial charge is 0.327 e. The summed E-state index contributed by atoms with van der Waals surface area (Å²) in [6.45, 7) is 4.23. The highest BCUT2D eigenvalue weighted by Crippen LogP contribution is 2.30. The molecular weight excluding hydrogens is 249 g/mol. The van der Waals surface area contributed by atoms with Crippen LogP contribution in [0.1, 0.15) is 13.8 Å². The van der Waals surface area contributed by atoms with E-state index >= 15 is 0 Å². The van der Waals surface area contributed by atoms with Gasteiger partial charge in [-0.1, -0.05) is 37.0 Å². The predicted octanol–water partition coefficient (Wildman–Crippen LogP) is 4.07. The van der Waals surface area contributed by atoms with Gasteiger partial charge in [0.15, 0.2) is 0 Å². The van der Waals surface area contributed by atoms with Gasteiger partial charge in [-0.25, -0.2) is 0 Å². The van der Waals surface area contributed by atoms with Crippen LogP contribution in [-0.2, 0) is 0 Å². The van der Waals surface area contributed by atoms with E-state index in [9.17, 15) is 0 Å². The van der Waals surface area contributed by atoms with E-state index < -0.39 is 0 Å². The molecule has 2 N–H and O–H groups in total. The SMILES string of the molecule is CC(C)C(N)CSc1cc(Cl)ccc1Cl. The minimum absolute atomic E-state index is 0.185. The Hall–Kier alpha value is 0.110. The number of halogens is 2. The third-order valence-electron chi connectivity index (χ3n) is 2.18. The molecule has 0 saturated carbocycles. The summed E-state index contributed by atoms with van der Waals surface area (Å²) >= 11 is 13.6. The Morgan fingerprint density at radius 1 is 1.33 bits per heavy atom. The molecule has 1 aromatic rings. The van der Waals surface area contributed by atoms with Gasteiger partial charge in [0.2, 0.25) is 0 Å². The van der Waals surface area contributed by atoms with Crippen LogP contribution in [0.4, 0.5) is 0 Å². The molecule has 15 heavy (non-hydrogen) atoms. The van der Waals surface area contributed by atoms with E-state index in [0.29, 0.717) is 10.9 Å². The number of benzene rings is 1. The summed E-state index contributed by atoms with van der Waals surface area (Å²) in [6, 6.07) is 5.66. The average Bonchev–Trinajstić information content (AvgIpc) is 2.18. The van der Waals surface area contributed by atoms with E-state index in [-0.39, 0.29) is 6.04 Å². The van der Waals surface area contributed by atoms with Gasteiger partial charge in [0.25, 0.3) is 0 Å². The maximum Gasteiger partial charge on any atom is 0.0542 e. The van der Waals surface area contributed by atoms with Gasteiger partial charge in [0, 0.05) is 21.7 Å². The molecule has 1 atom stereocenters. The molecule has 0 amide bonds. The Kier molecular flexibility index (Phi) is 5.27. The van der Waals surface area contributed by atoms with Crippen LogP contribution in [0.2, 0.25) is 10.0 Å². The second kappa shape index (κ2) is 6.00. The van der Waals surface area contributed by atoms with E-state index in [0.717, 1.165) is 15.7 Å². The lowest BCUT2D eigenvalue weighted by Crippen LogP contribution is -2.28. The van der Waals surface area contributed by atoms with E-state index in [1.807, 2.05) is 12.1 Å². The number of hydrogen-bond acceptors (Lipinski definition) is 2. The highest BCUT2D eigenvalue weighted by molar-refractivity contribution is 7.99. The van der Waals surface area contributed by atoms with Crippen molar-refractivity contribution in [1.82, 2.24) is 0 Å². The molecule has 1 aromatic carbocycles. The van der Waals surface area contributed by atoms with Crippen molar-refractivity contribution in [3.8, 4) is 0 Å². The van der Waals surface area contributed by atoms with Crippen LogP contribution in [0.5, 0.6) is 0 Å². The predicted molar refractivity (Wildman–Crippen MR) is 70.0 cm³/mol. The number of nitrogens with two attached hydrogens (primary N) is 1. The molecule has 1 unspecified atom stereocenters. The third-order valence-corrected chi connectivity index (χ3v) is 4.06. The molecule has 0 fully saturated rings. The van der Waals surface area contributed by atoms with Crippen molar-refractivity contribution in [1.29, 1.82) is 0 Å². The van der Waals surface area contributed by atoms with Crippen LogP contribution in [0, 0.1) is 5.92 Å². The zero-order valence-electron chi connectivity index (χ0n) is 8.84. The van der Waals surface area contributed by atoms with E-state index in [1.165, 1.54) is 0 Å². The minimum atomic E-state index is 0.185. The van der Waals surface area contributed by atoms with Crippen molar-refractivity contribution < 1.29 is 0 Å². The van der Waals surface area contributed by atoms with Crippen LogP contribution in [0.15, 0.2) is 23.1 Å². The van der Waals surface area contributed by atoms with Gasteiger partial charge < -0.3 is 5.73 Å². The molecule has 0 aliphatic carbocycles. The van der Waals surface area contributed by atoms with Gasteiger partial charge in [-0.2, -0.15) is 0 Å². The number of rotatable bonds is 4. The third kappa shape index (κ3) is 4.23. The first-order valence-electron chi connectivity index (χ1n) is 4.84. The average molecular weight is 264 g/mol. The van der Waals surface area contributed by atoms with Gasteiger partial charge >= 0.3 is 0 Å². The van der Waals surface area contributed by atoms with Crippen molar-refractivity contribution in [3.63, 3.8) is 0 Å². The molecule has 1 rings (SSSR count). The summed E-state index contributed by atoms with van der Waals surface area (Å²) in [4.78, 5) is 1.00. The summed E-state index contributed by atoms with van der Waals surface area (Å²) in [5.41, 5.74) is 5.96. The normalized spacial score (nSPS) is 13.2. The Morgan fingerprint density at radius 3 is 2.60 bits per heavy atom. The number of thioether (sulfide) groups is 1. The monoisotopic (exact) mass is 263 g/mol. The first-order valence-corrected chi connectivity index (χ1v) is 6.58. The van der Waals surface area contributed by atoms with E-state index in [1.54, 1.807) is 17.8 Å². The molecule has 4 heteroatoms. The summed E-state index contributed by atoms with van der Waals surface area (Å²) in [6.07, 6.45) is 0. The lowest BCUT2D eigenvalue weighted by molar-refractivity contribution is 0.535. The van der Waals surface area contributed by atoms with Gasteiger partial charge in [0.05, 0.1) is 5.02 Å². The van der Waals surface area contributed by atoms with Crippen molar-refractivity contribution in [2.75, 3.05) is 5.75 Å². The van der Waals surface area contributed by atoms with E-state index in [4.69, 9.17) is 28.9 Å². The van der Waals surface area contributed by atoms with Crippen LogP contribution in [0.25, 0.3) is 0 Å². The van der Waals surface area contributed by atoms with Gasteiger partial charge in [0.1, 0.15) is 0 Å². The lowest BCUT2D eigenvalue weighted by Gasteiger charge is -2.15. The summed E-state index contributed by atoms with van der Waals surface area (Å²) in [5, 5.41) is 1.44. The van der Waals surface area contributed by atoms with Crippen molar-refractivity contribution in [2.24, 2.45) is 11.7 Å². The maximum atomic E-state index is 6.04. The topological polar surface area (TPSA) is 26.0 Å². The highest BCUT2D eigenvalue weighted by Gasteiger charge is 2.09. The quantitative estimate of drug-likeness (QED) is 0.829. The van der Waals surface area contributed by atoms with Crippen molar-refractivity contribution in [3.05, 3.63) is 28.2 Å². The Bertz CT molecular complexity index is 328. The summed E-state index contributed by atoms with van der Waals surface area (Å²) in [7, 11) is 0. The van der Waals surface area contributed by atoms with E-state index in [2.05, 4.69) is 13.8 Å². The zero-order chi connectivity index (χ0) is 11.4. The second-order valence-electron chi connectivity index (χ2n) is 3.79. The Balaban J connectivity index is 2.61. The fourth-order valence-corrected chi connectivity index (χ4v) is 2.66. The highest BCUT2D eigenvalue weighted by atomic mass is 35.5. The number of hydrogen-bond donors (Lipinski definition) is 1. The van der Waals surface area contributed by atoms with Gasteiger partial charge in [-0.05, 0) is 24.1 Å². The van der Waals surface area contributed by atoms with Crippen molar-refractivity contribution >= 4 is 35.0 Å². The molecule has 0 aliphatic heterocycles. The van der Waals surface area contributed by atoms with Crippen LogP contribution in [0.3, 0.4) is 0 Å². The minimum Gasteiger partial charge on any atom is -0.327 e. The summed E-state index contributed by atoms with van der Waals surface area (Å²) < 4.78 is 0. The van der Waals surface area contributed by atoms with Crippen LogP contribution >= 0.6 is 35.0 Å². The molecule has 0 radical (unpaired) electrons. The molecule has 0 aliphatic rings. The lowest BCUT2D eigenvalue weighted by atomic mass is 10.1. The molecule has 0 saturated heterocycles. The molecule has 0 heterocycles. The van der Waals surface area contributed by atoms with Crippen molar-refractivity contribution in [2.45, 2.75) is 24.8 Å². The zero-order valence-corrected chi connectivity index (χ0v) is 11.2. The molecule has 0 spiro atoms. The smallest absolute Gasteiger partial charge is 0.0542 e. The fraction of sp³-hybridized carbons (Fsp3) is 0.455. The van der Waals surface area contributed by atoms with Gasteiger partial charge in [-0.15, -0.1) is 11.8 Å². The maximum absolute atomic E-state index is 6.04. The molecule has 1 nitrogen and oxygen atoms in total. The molecule has 0 bridgehead atoms. The fourth-order valence-electron chi connectivity index (χ4n) is 0.966. The molecular formula is C11H15Cl2NS. The Labute approximate surface area is 105 Å². The standard InChI is InChI=1S/C11H15Cl2NS/c1-7(2)10(14)6-15-11-5-8(12)3-4-9(11)13/h3-5,7,10H,6,14H2,1-2H3. The summed E-state index contributed by atoms with van der Waals surface area (Å²) in [5.74, 6) is 1.34. The molecule has 0 aromatic heterocycles. The first-order chi connectivity index (χ1) is 7.00. The first kappa shape index (κ1) is 13.2. The van der Waals surface area contributed by atoms with Crippen LogP contribution in [-0.4, -0.2) is 11.8 Å². The molecule has 84 valence electrons. The second-order valence-corrected chi connectivity index (χ2v) is 5.70. The Morgan fingerprint density at radius 2 is 2.00 bits per heavy atom. The van der Waals surface area contributed by atoms with Gasteiger partial charge in [-0.3, -0.25) is 0 Å².